The maximum absolute atomic E-state index is 12.9. The van der Waals surface area contributed by atoms with Crippen molar-refractivity contribution in [3.05, 3.63) is 66.0 Å². The lowest BCUT2D eigenvalue weighted by Gasteiger charge is -2.22. The number of imide groups is 1. The molecule has 1 saturated heterocycles. The Kier molecular flexibility index (Phi) is 5.65. The minimum atomic E-state index is -0.738. The molecule has 0 bridgehead atoms. The minimum Gasteiger partial charge on any atom is -0.484 e. The number of nitrogens with zero attached hydrogens (tertiary/aromatic N) is 1. The van der Waals surface area contributed by atoms with Gasteiger partial charge in [0, 0.05) is 0 Å². The third kappa shape index (κ3) is 4.81. The third-order valence-corrected chi connectivity index (χ3v) is 3.93. The number of ether oxygens (including phenoxy) is 2. The van der Waals surface area contributed by atoms with Gasteiger partial charge in [-0.25, -0.2) is 14.1 Å². The fraction of sp³-hybridized carbons (Fsp3) is 0.211. The normalized spacial score (nSPS) is 14.6. The molecule has 1 atom stereocenters. The van der Waals surface area contributed by atoms with Crippen LogP contribution in [0.25, 0.3) is 0 Å². The van der Waals surface area contributed by atoms with Crippen molar-refractivity contribution in [3.8, 4) is 5.75 Å². The van der Waals surface area contributed by atoms with Gasteiger partial charge in [-0.05, 0) is 29.8 Å². The molecule has 27 heavy (non-hydrogen) atoms. The van der Waals surface area contributed by atoms with Crippen LogP contribution in [0.5, 0.6) is 5.75 Å². The summed E-state index contributed by atoms with van der Waals surface area (Å²) in [5.74, 6) is -0.967. The first-order valence-corrected chi connectivity index (χ1v) is 8.23. The Morgan fingerprint density at radius 1 is 1.15 bits per heavy atom. The highest BCUT2D eigenvalue weighted by molar-refractivity contribution is 5.97. The quantitative estimate of drug-likeness (QED) is 0.804. The molecular weight excluding hydrogens is 355 g/mol. The third-order valence-electron chi connectivity index (χ3n) is 3.93. The lowest BCUT2D eigenvalue weighted by molar-refractivity contribution is -0.128. The molecular formula is C19H17FN2O5. The van der Waals surface area contributed by atoms with E-state index in [1.165, 1.54) is 24.3 Å². The Hall–Kier alpha value is -3.42. The second kappa shape index (κ2) is 8.31. The molecule has 140 valence electrons. The van der Waals surface area contributed by atoms with Gasteiger partial charge in [0.25, 0.3) is 11.8 Å². The predicted octanol–water partition coefficient (Wildman–Crippen LogP) is 2.04. The predicted molar refractivity (Wildman–Crippen MR) is 92.3 cm³/mol. The molecule has 0 radical (unpaired) electrons. The van der Waals surface area contributed by atoms with Crippen molar-refractivity contribution in [2.45, 2.75) is 6.04 Å². The van der Waals surface area contributed by atoms with Crippen molar-refractivity contribution in [2.24, 2.45) is 0 Å². The number of amides is 3. The van der Waals surface area contributed by atoms with Gasteiger partial charge in [0.1, 0.15) is 11.6 Å². The van der Waals surface area contributed by atoms with E-state index in [-0.39, 0.29) is 19.8 Å². The first-order valence-electron chi connectivity index (χ1n) is 8.23. The lowest BCUT2D eigenvalue weighted by atomic mass is 10.1. The van der Waals surface area contributed by atoms with Gasteiger partial charge < -0.3 is 14.8 Å². The molecule has 2 aromatic rings. The average molecular weight is 372 g/mol. The van der Waals surface area contributed by atoms with Crippen molar-refractivity contribution in [3.63, 3.8) is 0 Å². The Morgan fingerprint density at radius 3 is 2.48 bits per heavy atom. The van der Waals surface area contributed by atoms with Crippen LogP contribution in [0.15, 0.2) is 54.6 Å². The Bertz CT molecular complexity index is 810. The molecule has 1 aliphatic heterocycles. The molecule has 0 aliphatic carbocycles. The molecule has 3 amide bonds. The largest absolute Gasteiger partial charge is 0.484 e. The lowest BCUT2D eigenvalue weighted by Crippen LogP contribution is -2.41. The summed E-state index contributed by atoms with van der Waals surface area (Å²) >= 11 is 0. The molecule has 1 heterocycles. The molecule has 0 aromatic heterocycles. The smallest absolute Gasteiger partial charge is 0.417 e. The zero-order valence-electron chi connectivity index (χ0n) is 14.3. The molecule has 0 saturated carbocycles. The van der Waals surface area contributed by atoms with Crippen molar-refractivity contribution < 1.29 is 28.2 Å². The Labute approximate surface area is 154 Å². The average Bonchev–Trinajstić information content (AvgIpc) is 2.99. The number of halogens is 1. The second-order valence-electron chi connectivity index (χ2n) is 5.83. The van der Waals surface area contributed by atoms with E-state index in [1.807, 2.05) is 6.07 Å². The van der Waals surface area contributed by atoms with Gasteiger partial charge in [-0.2, -0.15) is 0 Å². The van der Waals surface area contributed by atoms with Crippen LogP contribution >= 0.6 is 0 Å². The second-order valence-corrected chi connectivity index (χ2v) is 5.83. The summed E-state index contributed by atoms with van der Waals surface area (Å²) in [7, 11) is 0. The molecule has 3 rings (SSSR count). The van der Waals surface area contributed by atoms with Crippen LogP contribution in [0.1, 0.15) is 11.6 Å². The molecule has 7 nitrogen and oxygen atoms in total. The summed E-state index contributed by atoms with van der Waals surface area (Å²) in [5.41, 5.74) is 0.722. The number of rotatable bonds is 7. The molecule has 8 heteroatoms. The van der Waals surface area contributed by atoms with E-state index < -0.39 is 29.8 Å². The van der Waals surface area contributed by atoms with E-state index in [2.05, 4.69) is 5.32 Å². The van der Waals surface area contributed by atoms with Crippen molar-refractivity contribution in [2.75, 3.05) is 19.8 Å². The van der Waals surface area contributed by atoms with E-state index in [0.29, 0.717) is 5.75 Å². The number of hydrogen-bond acceptors (Lipinski definition) is 5. The van der Waals surface area contributed by atoms with Crippen LogP contribution in [-0.4, -0.2) is 42.6 Å². The number of carbonyl (C=O) groups excluding carboxylic acids is 3. The summed E-state index contributed by atoms with van der Waals surface area (Å²) in [5, 5.41) is 2.74. The van der Waals surface area contributed by atoms with E-state index in [9.17, 15) is 18.8 Å². The Balaban J connectivity index is 1.65. The first-order chi connectivity index (χ1) is 13.0. The van der Waals surface area contributed by atoms with Crippen LogP contribution < -0.4 is 10.1 Å². The van der Waals surface area contributed by atoms with Gasteiger partial charge in [0.05, 0.1) is 12.6 Å². The zero-order valence-corrected chi connectivity index (χ0v) is 14.3. The van der Waals surface area contributed by atoms with E-state index in [4.69, 9.17) is 9.47 Å². The Morgan fingerprint density at radius 2 is 1.85 bits per heavy atom. The summed E-state index contributed by atoms with van der Waals surface area (Å²) in [6, 6.07) is 13.6. The van der Waals surface area contributed by atoms with Gasteiger partial charge in [0.15, 0.2) is 13.2 Å². The van der Waals surface area contributed by atoms with Gasteiger partial charge in [-0.1, -0.05) is 30.3 Å². The molecule has 0 spiro atoms. The maximum Gasteiger partial charge on any atom is 0.417 e. The van der Waals surface area contributed by atoms with Crippen molar-refractivity contribution in [1.82, 2.24) is 10.2 Å². The fourth-order valence-corrected chi connectivity index (χ4v) is 2.58. The minimum absolute atomic E-state index is 0.0516. The van der Waals surface area contributed by atoms with E-state index >= 15 is 0 Å². The summed E-state index contributed by atoms with van der Waals surface area (Å²) in [6.45, 7) is -0.653. The molecule has 1 fully saturated rings. The van der Waals surface area contributed by atoms with Gasteiger partial charge in [-0.3, -0.25) is 9.59 Å². The molecule has 1 aliphatic rings. The molecule has 1 N–H and O–H groups in total. The standard InChI is InChI=1S/C19H17FN2O5/c20-14-6-8-15(9-7-14)26-11-17(23)21-16(13-4-2-1-3-5-13)10-22-18(24)12-27-19(22)25/h1-9,16H,10-12H2,(H,21,23). The monoisotopic (exact) mass is 372 g/mol. The van der Waals surface area contributed by atoms with Crippen LogP contribution in [0, 0.1) is 5.82 Å². The van der Waals surface area contributed by atoms with E-state index in [0.717, 1.165) is 10.5 Å². The highest BCUT2D eigenvalue weighted by Crippen LogP contribution is 2.17. The van der Waals surface area contributed by atoms with Crippen LogP contribution in [0.3, 0.4) is 0 Å². The maximum atomic E-state index is 12.9. The highest BCUT2D eigenvalue weighted by atomic mass is 19.1. The summed E-state index contributed by atoms with van der Waals surface area (Å²) in [6.07, 6.45) is -0.738. The number of benzene rings is 2. The zero-order chi connectivity index (χ0) is 19.2. The highest BCUT2D eigenvalue weighted by Gasteiger charge is 2.33. The van der Waals surface area contributed by atoms with Gasteiger partial charge >= 0.3 is 6.09 Å². The van der Waals surface area contributed by atoms with Crippen LogP contribution in [-0.2, 0) is 14.3 Å². The van der Waals surface area contributed by atoms with Gasteiger partial charge in [0.2, 0.25) is 0 Å². The molecule has 1 unspecified atom stereocenters. The van der Waals surface area contributed by atoms with Crippen LogP contribution in [0.2, 0.25) is 0 Å². The van der Waals surface area contributed by atoms with E-state index in [1.54, 1.807) is 24.3 Å². The molecule has 2 aromatic carbocycles. The topological polar surface area (TPSA) is 84.9 Å². The van der Waals surface area contributed by atoms with Crippen molar-refractivity contribution >= 4 is 17.9 Å². The number of cyclic esters (lactones) is 1. The number of hydrogen-bond donors (Lipinski definition) is 1. The number of nitrogens with one attached hydrogen (secondary N) is 1. The summed E-state index contributed by atoms with van der Waals surface area (Å²) < 4.78 is 22.9. The van der Waals surface area contributed by atoms with Crippen molar-refractivity contribution in [1.29, 1.82) is 0 Å². The van der Waals surface area contributed by atoms with Gasteiger partial charge in [-0.15, -0.1) is 0 Å². The fourth-order valence-electron chi connectivity index (χ4n) is 2.58. The summed E-state index contributed by atoms with van der Waals surface area (Å²) in [4.78, 5) is 36.7. The first kappa shape index (κ1) is 18.4. The SMILES string of the molecule is O=C(COc1ccc(F)cc1)NC(CN1C(=O)COC1=O)c1ccccc1. The van der Waals surface area contributed by atoms with Crippen LogP contribution in [0.4, 0.5) is 9.18 Å². The number of carbonyl (C=O) groups is 3.